The van der Waals surface area contributed by atoms with Gasteiger partial charge in [-0.05, 0) is 24.3 Å². The summed E-state index contributed by atoms with van der Waals surface area (Å²) in [6, 6.07) is 8.03. The number of carbonyl (C=O) groups excluding carboxylic acids is 1. The summed E-state index contributed by atoms with van der Waals surface area (Å²) in [5, 5.41) is 50.5. The second kappa shape index (κ2) is 9.43. The van der Waals surface area contributed by atoms with Crippen LogP contribution in [-0.4, -0.2) is 76.4 Å². The number of esters is 1. The lowest BCUT2D eigenvalue weighted by Gasteiger charge is -2.38. The summed E-state index contributed by atoms with van der Waals surface area (Å²) < 4.78 is 26.4. The minimum atomic E-state index is -1.89. The van der Waals surface area contributed by atoms with Gasteiger partial charge in [0, 0.05) is 17.7 Å². The highest BCUT2D eigenvalue weighted by Crippen LogP contribution is 2.37. The Morgan fingerprint density at radius 1 is 0.971 bits per heavy atom. The molecular weight excluding hydrogens is 468 g/mol. The van der Waals surface area contributed by atoms with Crippen molar-refractivity contribution in [3.05, 3.63) is 46.6 Å². The number of fused-ring (bicyclic) bond motifs is 1. The maximum Gasteiger partial charge on any atom is 0.337 e. The van der Waals surface area contributed by atoms with Crippen molar-refractivity contribution in [3.63, 3.8) is 0 Å². The summed E-state index contributed by atoms with van der Waals surface area (Å²) >= 11 is 0. The van der Waals surface area contributed by atoms with E-state index in [1.54, 1.807) is 0 Å². The molecule has 5 N–H and O–H groups in total. The SMILES string of the molecule is COC(=O)[C@H]1O[C@@H](Oc2c(-c3ccc(O)cc3)oc3cc(OC)cc(O)c3c2=O)[C@H](O)[C@@H](O)[C@@H]1O. The van der Waals surface area contributed by atoms with Crippen molar-refractivity contribution >= 4 is 16.9 Å². The first-order valence-electron chi connectivity index (χ1n) is 10.3. The summed E-state index contributed by atoms with van der Waals surface area (Å²) in [7, 11) is 2.39. The van der Waals surface area contributed by atoms with Gasteiger partial charge in [0.1, 0.15) is 46.5 Å². The van der Waals surface area contributed by atoms with Gasteiger partial charge < -0.3 is 48.9 Å². The number of aliphatic hydroxyl groups excluding tert-OH is 3. The van der Waals surface area contributed by atoms with Gasteiger partial charge in [0.25, 0.3) is 0 Å². The molecule has 0 saturated carbocycles. The predicted octanol–water partition coefficient (Wildman–Crippen LogP) is 0.239. The number of methoxy groups -OCH3 is 2. The molecule has 12 heteroatoms. The van der Waals surface area contributed by atoms with Gasteiger partial charge in [0.05, 0.1) is 14.2 Å². The van der Waals surface area contributed by atoms with Crippen LogP contribution in [0.3, 0.4) is 0 Å². The highest BCUT2D eigenvalue weighted by molar-refractivity contribution is 5.88. The number of aromatic hydroxyl groups is 2. The Morgan fingerprint density at radius 2 is 1.66 bits per heavy atom. The number of benzene rings is 2. The Morgan fingerprint density at radius 3 is 2.29 bits per heavy atom. The quantitative estimate of drug-likeness (QED) is 0.307. The molecule has 1 saturated heterocycles. The molecule has 0 spiro atoms. The summed E-state index contributed by atoms with van der Waals surface area (Å²) in [5.41, 5.74) is -0.676. The van der Waals surface area contributed by atoms with E-state index in [1.807, 2.05) is 0 Å². The average molecular weight is 490 g/mol. The number of hydrogen-bond donors (Lipinski definition) is 5. The smallest absolute Gasteiger partial charge is 0.337 e. The van der Waals surface area contributed by atoms with Gasteiger partial charge in [0.2, 0.25) is 17.5 Å². The van der Waals surface area contributed by atoms with Crippen LogP contribution >= 0.6 is 0 Å². The third-order valence-electron chi connectivity index (χ3n) is 5.51. The lowest BCUT2D eigenvalue weighted by Crippen LogP contribution is -2.61. The summed E-state index contributed by atoms with van der Waals surface area (Å²) in [4.78, 5) is 25.4. The highest BCUT2D eigenvalue weighted by atomic mass is 16.7. The van der Waals surface area contributed by atoms with Crippen LogP contribution in [0, 0.1) is 0 Å². The molecule has 1 aliphatic rings. The molecule has 186 valence electrons. The zero-order chi connectivity index (χ0) is 25.4. The molecule has 1 aromatic heterocycles. The van der Waals surface area contributed by atoms with E-state index in [0.717, 1.165) is 7.11 Å². The highest BCUT2D eigenvalue weighted by Gasteiger charge is 2.49. The zero-order valence-corrected chi connectivity index (χ0v) is 18.4. The molecule has 12 nitrogen and oxygen atoms in total. The number of phenols is 2. The van der Waals surface area contributed by atoms with Crippen molar-refractivity contribution in [2.24, 2.45) is 0 Å². The van der Waals surface area contributed by atoms with Crippen molar-refractivity contribution < 1.29 is 53.7 Å². The first kappa shape index (κ1) is 24.3. The van der Waals surface area contributed by atoms with Crippen LogP contribution in [0.4, 0.5) is 0 Å². The number of aliphatic hydroxyl groups is 3. The van der Waals surface area contributed by atoms with Crippen molar-refractivity contribution in [3.8, 4) is 34.3 Å². The fraction of sp³-hybridized carbons (Fsp3) is 0.304. The van der Waals surface area contributed by atoms with E-state index < -0.39 is 53.6 Å². The van der Waals surface area contributed by atoms with Gasteiger partial charge in [-0.15, -0.1) is 0 Å². The predicted molar refractivity (Wildman–Crippen MR) is 117 cm³/mol. The van der Waals surface area contributed by atoms with E-state index in [0.29, 0.717) is 0 Å². The Kier molecular flexibility index (Phi) is 6.54. The monoisotopic (exact) mass is 490 g/mol. The first-order valence-corrected chi connectivity index (χ1v) is 10.3. The Labute approximate surface area is 197 Å². The molecule has 5 atom stereocenters. The number of phenolic OH excluding ortho intramolecular Hbond substituents is 2. The Hall–Kier alpha value is -3.84. The third kappa shape index (κ3) is 4.35. The third-order valence-corrected chi connectivity index (χ3v) is 5.51. The maximum atomic E-state index is 13.4. The van der Waals surface area contributed by atoms with Gasteiger partial charge in [-0.1, -0.05) is 0 Å². The van der Waals surface area contributed by atoms with Crippen LogP contribution in [0.1, 0.15) is 0 Å². The van der Waals surface area contributed by atoms with E-state index >= 15 is 0 Å². The molecule has 3 aromatic rings. The normalized spacial score (nSPS) is 24.2. The summed E-state index contributed by atoms with van der Waals surface area (Å²) in [6.45, 7) is 0. The molecule has 4 rings (SSSR count). The molecule has 1 aliphatic heterocycles. The van der Waals surface area contributed by atoms with Crippen molar-refractivity contribution in [1.82, 2.24) is 0 Å². The van der Waals surface area contributed by atoms with Crippen molar-refractivity contribution in [2.75, 3.05) is 14.2 Å². The fourth-order valence-electron chi connectivity index (χ4n) is 3.66. The Balaban J connectivity index is 1.88. The molecule has 0 aliphatic carbocycles. The van der Waals surface area contributed by atoms with E-state index in [9.17, 15) is 35.1 Å². The lowest BCUT2D eigenvalue weighted by atomic mass is 9.99. The molecule has 1 fully saturated rings. The van der Waals surface area contributed by atoms with Crippen molar-refractivity contribution in [1.29, 1.82) is 0 Å². The Bertz CT molecular complexity index is 1300. The molecule has 0 radical (unpaired) electrons. The van der Waals surface area contributed by atoms with E-state index in [1.165, 1.54) is 43.5 Å². The zero-order valence-electron chi connectivity index (χ0n) is 18.4. The molecule has 0 bridgehead atoms. The van der Waals surface area contributed by atoms with E-state index in [4.69, 9.17) is 18.6 Å². The van der Waals surface area contributed by atoms with Crippen LogP contribution in [-0.2, 0) is 14.3 Å². The van der Waals surface area contributed by atoms with Crippen LogP contribution < -0.4 is 14.9 Å². The van der Waals surface area contributed by atoms with Gasteiger partial charge >= 0.3 is 5.97 Å². The number of carbonyl (C=O) groups is 1. The average Bonchev–Trinajstić information content (AvgIpc) is 2.85. The number of hydrogen-bond acceptors (Lipinski definition) is 12. The number of rotatable bonds is 5. The summed E-state index contributed by atoms with van der Waals surface area (Å²) in [5.74, 6) is -2.12. The largest absolute Gasteiger partial charge is 0.508 e. The molecule has 2 heterocycles. The fourth-order valence-corrected chi connectivity index (χ4v) is 3.66. The van der Waals surface area contributed by atoms with Gasteiger partial charge in [-0.3, -0.25) is 4.79 Å². The molecule has 0 unspecified atom stereocenters. The van der Waals surface area contributed by atoms with Gasteiger partial charge in [-0.25, -0.2) is 4.79 Å². The minimum Gasteiger partial charge on any atom is -0.508 e. The second-order valence-corrected chi connectivity index (χ2v) is 7.69. The molecular formula is C23H22O12. The van der Waals surface area contributed by atoms with Crippen LogP contribution in [0.5, 0.6) is 23.0 Å². The first-order chi connectivity index (χ1) is 16.7. The number of ether oxygens (including phenoxy) is 4. The van der Waals surface area contributed by atoms with E-state index in [-0.39, 0.29) is 33.8 Å². The maximum absolute atomic E-state index is 13.4. The summed E-state index contributed by atoms with van der Waals surface area (Å²) in [6.07, 6.45) is -9.17. The van der Waals surface area contributed by atoms with Crippen LogP contribution in [0.2, 0.25) is 0 Å². The van der Waals surface area contributed by atoms with E-state index in [2.05, 4.69) is 4.74 Å². The topological polar surface area (TPSA) is 185 Å². The second-order valence-electron chi connectivity index (χ2n) is 7.69. The lowest BCUT2D eigenvalue weighted by molar-refractivity contribution is -0.272. The molecule has 2 aromatic carbocycles. The van der Waals surface area contributed by atoms with Gasteiger partial charge in [-0.2, -0.15) is 0 Å². The van der Waals surface area contributed by atoms with Gasteiger partial charge in [0.15, 0.2) is 11.9 Å². The van der Waals surface area contributed by atoms with Crippen LogP contribution in [0.15, 0.2) is 45.6 Å². The molecule has 0 amide bonds. The standard InChI is InChI=1S/C23H22O12/c1-31-11-7-12(25)14-13(8-11)33-19(9-3-5-10(24)6-4-9)20(15(14)26)34-23-18(29)16(27)17(28)21(35-23)22(30)32-2/h3-8,16-18,21,23-25,27-29H,1-2H3/t16-,17-,18+,21-,23+/m0/s1. The van der Waals surface area contributed by atoms with Crippen LogP contribution in [0.25, 0.3) is 22.3 Å². The van der Waals surface area contributed by atoms with Crippen molar-refractivity contribution in [2.45, 2.75) is 30.7 Å². The minimum absolute atomic E-state index is 0.0599. The molecule has 35 heavy (non-hydrogen) atoms.